The number of ether oxygens (including phenoxy) is 1. The first-order chi connectivity index (χ1) is 5.91. The number of oxime groups is 1. The van der Waals surface area contributed by atoms with Gasteiger partial charge in [0.15, 0.2) is 0 Å². The fourth-order valence-corrected chi connectivity index (χ4v) is 0.628. The first kappa shape index (κ1) is 11.1. The van der Waals surface area contributed by atoms with E-state index in [-0.39, 0.29) is 6.61 Å². The summed E-state index contributed by atoms with van der Waals surface area (Å²) < 4.78 is 5.14. The van der Waals surface area contributed by atoms with E-state index in [1.807, 2.05) is 0 Å². The van der Waals surface area contributed by atoms with Crippen molar-refractivity contribution in [2.75, 3.05) is 19.8 Å². The normalized spacial score (nSPS) is 11.8. The summed E-state index contributed by atoms with van der Waals surface area (Å²) in [6, 6.07) is 0. The molecule has 2 N–H and O–H groups in total. The highest BCUT2D eigenvalue weighted by molar-refractivity contribution is 5.55. The highest BCUT2D eigenvalue weighted by atomic mass is 16.5. The average molecular weight is 173 g/mol. The summed E-state index contributed by atoms with van der Waals surface area (Å²) in [5.41, 5.74) is 0. The van der Waals surface area contributed by atoms with Crippen LogP contribution in [0.3, 0.4) is 0 Å². The first-order valence-electron chi connectivity index (χ1n) is 3.91. The zero-order chi connectivity index (χ0) is 9.07. The van der Waals surface area contributed by atoms with Gasteiger partial charge >= 0.3 is 0 Å². The molecule has 0 atom stereocenters. The van der Waals surface area contributed by atoms with Gasteiger partial charge in [-0.15, -0.1) is 5.16 Å². The number of aliphatic hydroxyl groups excluding tert-OH is 1. The largest absolute Gasteiger partial charge is 0.411 e. The van der Waals surface area contributed by atoms with Crippen LogP contribution < -0.4 is 0 Å². The molecule has 70 valence electrons. The predicted octanol–water partition coefficient (Wildman–Crippen LogP) is 0.792. The lowest BCUT2D eigenvalue weighted by molar-refractivity contribution is 0.160. The van der Waals surface area contributed by atoms with Crippen LogP contribution in [0.1, 0.15) is 12.8 Å². The maximum absolute atomic E-state index is 8.35. The molecule has 0 aliphatic carbocycles. The van der Waals surface area contributed by atoms with Crippen LogP contribution >= 0.6 is 0 Å². The Balaban J connectivity index is 2.95. The van der Waals surface area contributed by atoms with Gasteiger partial charge in [-0.25, -0.2) is 0 Å². The monoisotopic (exact) mass is 173 g/mol. The van der Waals surface area contributed by atoms with Gasteiger partial charge in [-0.2, -0.15) is 0 Å². The van der Waals surface area contributed by atoms with Gasteiger partial charge in [0.1, 0.15) is 0 Å². The summed E-state index contributed by atoms with van der Waals surface area (Å²) in [6.07, 6.45) is 6.40. The predicted molar refractivity (Wildman–Crippen MR) is 46.6 cm³/mol. The Labute approximate surface area is 72.2 Å². The van der Waals surface area contributed by atoms with E-state index < -0.39 is 0 Å². The Morgan fingerprint density at radius 1 is 1.33 bits per heavy atom. The van der Waals surface area contributed by atoms with E-state index in [1.54, 1.807) is 12.2 Å². The van der Waals surface area contributed by atoms with Gasteiger partial charge in [-0.05, 0) is 12.8 Å². The van der Waals surface area contributed by atoms with Gasteiger partial charge in [-0.1, -0.05) is 12.2 Å². The number of nitrogens with zero attached hydrogens (tertiary/aromatic N) is 1. The molecule has 4 nitrogen and oxygen atoms in total. The van der Waals surface area contributed by atoms with Crippen LogP contribution in [0.25, 0.3) is 0 Å². The van der Waals surface area contributed by atoms with Gasteiger partial charge < -0.3 is 15.1 Å². The van der Waals surface area contributed by atoms with Crippen molar-refractivity contribution in [2.24, 2.45) is 5.16 Å². The van der Waals surface area contributed by atoms with Crippen LogP contribution in [0.15, 0.2) is 17.3 Å². The number of rotatable bonds is 7. The van der Waals surface area contributed by atoms with Crippen molar-refractivity contribution in [1.29, 1.82) is 0 Å². The van der Waals surface area contributed by atoms with Crippen molar-refractivity contribution in [2.45, 2.75) is 12.8 Å². The van der Waals surface area contributed by atoms with Gasteiger partial charge in [0.05, 0.1) is 13.2 Å². The molecule has 0 fully saturated rings. The lowest BCUT2D eigenvalue weighted by Crippen LogP contribution is -1.94. The molecule has 12 heavy (non-hydrogen) atoms. The lowest BCUT2D eigenvalue weighted by Gasteiger charge is -1.97. The molecule has 0 aliphatic rings. The minimum atomic E-state index is 0.0561. The fraction of sp³-hybridized carbons (Fsp3) is 0.625. The summed E-state index contributed by atoms with van der Waals surface area (Å²) in [5.74, 6) is 0. The van der Waals surface area contributed by atoms with Crippen LogP contribution in [0, 0.1) is 0 Å². The third-order valence-electron chi connectivity index (χ3n) is 1.19. The summed E-state index contributed by atoms with van der Waals surface area (Å²) in [5, 5.41) is 19.2. The van der Waals surface area contributed by atoms with Crippen molar-refractivity contribution >= 4 is 6.21 Å². The second-order valence-corrected chi connectivity index (χ2v) is 2.17. The molecule has 0 spiro atoms. The molecule has 0 aromatic rings. The molecule has 0 unspecified atom stereocenters. The highest BCUT2D eigenvalue weighted by Gasteiger charge is 1.84. The summed E-state index contributed by atoms with van der Waals surface area (Å²) >= 11 is 0. The van der Waals surface area contributed by atoms with Gasteiger partial charge in [0.25, 0.3) is 0 Å². The molecule has 4 heteroatoms. The molecule has 0 bridgehead atoms. The van der Waals surface area contributed by atoms with E-state index in [0.29, 0.717) is 13.2 Å². The molecule has 0 amide bonds. The Kier molecular flexibility index (Phi) is 9.40. The molecule has 0 radical (unpaired) electrons. The third-order valence-corrected chi connectivity index (χ3v) is 1.19. The van der Waals surface area contributed by atoms with Crippen molar-refractivity contribution in [1.82, 2.24) is 0 Å². The number of unbranched alkanes of at least 4 members (excludes halogenated alkanes) is 1. The lowest BCUT2D eigenvalue weighted by atomic mass is 10.3. The Hall–Kier alpha value is -0.870. The van der Waals surface area contributed by atoms with E-state index in [0.717, 1.165) is 12.8 Å². The van der Waals surface area contributed by atoms with Crippen LogP contribution in [0.4, 0.5) is 0 Å². The van der Waals surface area contributed by atoms with Gasteiger partial charge in [-0.3, -0.25) is 0 Å². The minimum Gasteiger partial charge on any atom is -0.411 e. The quantitative estimate of drug-likeness (QED) is 0.197. The van der Waals surface area contributed by atoms with Gasteiger partial charge in [0, 0.05) is 12.8 Å². The molecule has 0 saturated carbocycles. The van der Waals surface area contributed by atoms with Crippen molar-refractivity contribution in [3.63, 3.8) is 0 Å². The fourth-order valence-electron chi connectivity index (χ4n) is 0.628. The Bertz CT molecular complexity index is 134. The zero-order valence-corrected chi connectivity index (χ0v) is 7.02. The topological polar surface area (TPSA) is 62.0 Å². The van der Waals surface area contributed by atoms with Crippen molar-refractivity contribution in [3.05, 3.63) is 12.2 Å². The van der Waals surface area contributed by atoms with Gasteiger partial charge in [0.2, 0.25) is 0 Å². The average Bonchev–Trinajstić information content (AvgIpc) is 2.10. The maximum Gasteiger partial charge on any atom is 0.0648 e. The molecule has 0 saturated heterocycles. The smallest absolute Gasteiger partial charge is 0.0648 e. The Morgan fingerprint density at radius 2 is 2.17 bits per heavy atom. The van der Waals surface area contributed by atoms with Crippen LogP contribution in [-0.2, 0) is 4.74 Å². The number of hydrogen-bond acceptors (Lipinski definition) is 4. The van der Waals surface area contributed by atoms with E-state index in [1.165, 1.54) is 6.21 Å². The van der Waals surface area contributed by atoms with E-state index in [9.17, 15) is 0 Å². The first-order valence-corrected chi connectivity index (χ1v) is 3.91. The molecule has 0 rings (SSSR count). The third kappa shape index (κ3) is 9.13. The van der Waals surface area contributed by atoms with E-state index in [4.69, 9.17) is 15.1 Å². The van der Waals surface area contributed by atoms with Crippen LogP contribution in [0.5, 0.6) is 0 Å². The summed E-state index contributed by atoms with van der Waals surface area (Å²) in [4.78, 5) is 0. The zero-order valence-electron chi connectivity index (χ0n) is 7.02. The SMILES string of the molecule is OC/C=C\COCCC/C=N/O. The number of aliphatic hydroxyl groups is 1. The molecule has 0 aromatic heterocycles. The summed E-state index contributed by atoms with van der Waals surface area (Å²) in [7, 11) is 0. The maximum atomic E-state index is 8.35. The Morgan fingerprint density at radius 3 is 2.83 bits per heavy atom. The van der Waals surface area contributed by atoms with Crippen molar-refractivity contribution in [3.8, 4) is 0 Å². The molecule has 0 aliphatic heterocycles. The van der Waals surface area contributed by atoms with E-state index in [2.05, 4.69) is 5.16 Å². The number of hydrogen-bond donors (Lipinski definition) is 2. The van der Waals surface area contributed by atoms with E-state index >= 15 is 0 Å². The molecule has 0 aromatic carbocycles. The second-order valence-electron chi connectivity index (χ2n) is 2.17. The van der Waals surface area contributed by atoms with Crippen LogP contribution in [0.2, 0.25) is 0 Å². The molecular formula is C8H15NO3. The van der Waals surface area contributed by atoms with Crippen molar-refractivity contribution < 1.29 is 15.1 Å². The summed E-state index contributed by atoms with van der Waals surface area (Å²) in [6.45, 7) is 1.22. The standard InChI is InChI=1S/C8H15NO3/c10-6-2-4-8-12-7-3-1-5-9-11/h2,4-5,10-11H,1,3,6-8H2/b4-2-,9-5+. The highest BCUT2D eigenvalue weighted by Crippen LogP contribution is 1.87. The second kappa shape index (κ2) is 10.1. The molecular weight excluding hydrogens is 158 g/mol. The molecule has 0 heterocycles. The minimum absolute atomic E-state index is 0.0561. The van der Waals surface area contributed by atoms with Crippen LogP contribution in [-0.4, -0.2) is 36.3 Å².